The summed E-state index contributed by atoms with van der Waals surface area (Å²) < 4.78 is 35.6. The first kappa shape index (κ1) is 21.0. The third kappa shape index (κ3) is 3.99. The van der Waals surface area contributed by atoms with Gasteiger partial charge in [0.05, 0.1) is 38.3 Å². The van der Waals surface area contributed by atoms with E-state index in [2.05, 4.69) is 0 Å². The summed E-state index contributed by atoms with van der Waals surface area (Å²) in [5.74, 6) is 1.03. The number of carbonyl (C=O) groups is 1. The minimum atomic E-state index is -3.27. The van der Waals surface area contributed by atoms with Crippen LogP contribution in [0.1, 0.15) is 5.56 Å². The van der Waals surface area contributed by atoms with Gasteiger partial charge in [-0.2, -0.15) is 0 Å². The van der Waals surface area contributed by atoms with Crippen LogP contribution in [0.25, 0.3) is 0 Å². The van der Waals surface area contributed by atoms with Crippen molar-refractivity contribution < 1.29 is 22.7 Å². The smallest absolute Gasteiger partial charge is 0.241 e. The molecule has 9 heteroatoms. The van der Waals surface area contributed by atoms with Gasteiger partial charge in [-0.3, -0.25) is 9.69 Å². The molecule has 2 atom stereocenters. The Morgan fingerprint density at radius 2 is 1.77 bits per heavy atom. The first-order valence-corrected chi connectivity index (χ1v) is 11.7. The SMILES string of the molecule is COc1ccc(CN2CC(=O)N(c3cccc(Cl)c3)[C@H]3CS(=O)(=O)C[C@@H]32)cc1OC. The molecule has 0 N–H and O–H groups in total. The van der Waals surface area contributed by atoms with Crippen LogP contribution in [0.15, 0.2) is 42.5 Å². The maximum absolute atomic E-state index is 13.1. The lowest BCUT2D eigenvalue weighted by Gasteiger charge is -2.43. The van der Waals surface area contributed by atoms with E-state index < -0.39 is 15.9 Å². The highest BCUT2D eigenvalue weighted by molar-refractivity contribution is 7.91. The molecule has 0 aromatic heterocycles. The molecule has 0 bridgehead atoms. The van der Waals surface area contributed by atoms with Crippen LogP contribution in [-0.4, -0.2) is 63.6 Å². The number of ether oxygens (including phenoxy) is 2. The van der Waals surface area contributed by atoms with Crippen LogP contribution in [0.4, 0.5) is 5.69 Å². The van der Waals surface area contributed by atoms with Gasteiger partial charge >= 0.3 is 0 Å². The quantitative estimate of drug-likeness (QED) is 0.696. The highest BCUT2D eigenvalue weighted by atomic mass is 35.5. The molecule has 2 aliphatic rings. The first-order chi connectivity index (χ1) is 14.3. The van der Waals surface area contributed by atoms with Gasteiger partial charge in [0.2, 0.25) is 5.91 Å². The van der Waals surface area contributed by atoms with Gasteiger partial charge in [-0.05, 0) is 35.9 Å². The van der Waals surface area contributed by atoms with Crippen LogP contribution in [0.3, 0.4) is 0 Å². The van der Waals surface area contributed by atoms with Gasteiger partial charge in [0.1, 0.15) is 0 Å². The Balaban J connectivity index is 1.65. The molecule has 2 saturated heterocycles. The van der Waals surface area contributed by atoms with Gasteiger partial charge in [-0.25, -0.2) is 8.42 Å². The molecule has 2 heterocycles. The van der Waals surface area contributed by atoms with E-state index in [1.807, 2.05) is 17.0 Å². The topological polar surface area (TPSA) is 76.2 Å². The molecule has 0 unspecified atom stereocenters. The van der Waals surface area contributed by atoms with E-state index in [1.165, 1.54) is 0 Å². The number of piperazine rings is 1. The van der Waals surface area contributed by atoms with Crippen molar-refractivity contribution in [3.63, 3.8) is 0 Å². The third-order valence-electron chi connectivity index (χ3n) is 5.62. The predicted octanol–water partition coefficient (Wildman–Crippen LogP) is 2.37. The van der Waals surface area contributed by atoms with Crippen molar-refractivity contribution in [1.82, 2.24) is 4.90 Å². The number of nitrogens with zero attached hydrogens (tertiary/aromatic N) is 2. The van der Waals surface area contributed by atoms with Crippen molar-refractivity contribution in [1.29, 1.82) is 0 Å². The Kier molecular flexibility index (Phi) is 5.65. The molecule has 2 fully saturated rings. The number of hydrogen-bond acceptors (Lipinski definition) is 6. The van der Waals surface area contributed by atoms with Crippen LogP contribution >= 0.6 is 11.6 Å². The zero-order valence-corrected chi connectivity index (χ0v) is 18.3. The zero-order valence-electron chi connectivity index (χ0n) is 16.7. The summed E-state index contributed by atoms with van der Waals surface area (Å²) in [6.45, 7) is 0.559. The summed E-state index contributed by atoms with van der Waals surface area (Å²) in [5, 5.41) is 0.505. The van der Waals surface area contributed by atoms with Gasteiger partial charge in [0.25, 0.3) is 0 Å². The van der Waals surface area contributed by atoms with Gasteiger partial charge in [0.15, 0.2) is 21.3 Å². The number of hydrogen-bond donors (Lipinski definition) is 0. The van der Waals surface area contributed by atoms with E-state index in [0.29, 0.717) is 28.8 Å². The second-order valence-electron chi connectivity index (χ2n) is 7.55. The fraction of sp³-hybridized carbons (Fsp3) is 0.381. The van der Waals surface area contributed by atoms with E-state index in [9.17, 15) is 13.2 Å². The summed E-state index contributed by atoms with van der Waals surface area (Å²) in [6, 6.07) is 11.8. The number of halogens is 1. The monoisotopic (exact) mass is 450 g/mol. The Morgan fingerprint density at radius 3 is 2.47 bits per heavy atom. The normalized spacial score (nSPS) is 23.3. The number of benzene rings is 2. The van der Waals surface area contributed by atoms with E-state index in [-0.39, 0.29) is 30.0 Å². The van der Waals surface area contributed by atoms with Crippen LogP contribution in [0, 0.1) is 0 Å². The second kappa shape index (κ2) is 8.09. The number of sulfone groups is 1. The van der Waals surface area contributed by atoms with Crippen LogP contribution in [-0.2, 0) is 21.2 Å². The molecule has 0 aliphatic carbocycles. The molecule has 2 aliphatic heterocycles. The van der Waals surface area contributed by atoms with E-state index in [1.54, 1.807) is 49.5 Å². The van der Waals surface area contributed by atoms with Crippen molar-refractivity contribution in [2.45, 2.75) is 18.6 Å². The minimum Gasteiger partial charge on any atom is -0.493 e. The summed E-state index contributed by atoms with van der Waals surface area (Å²) in [4.78, 5) is 16.6. The predicted molar refractivity (Wildman–Crippen MR) is 115 cm³/mol. The van der Waals surface area contributed by atoms with E-state index in [4.69, 9.17) is 21.1 Å². The number of methoxy groups -OCH3 is 2. The average Bonchev–Trinajstić information content (AvgIpc) is 3.03. The number of carbonyl (C=O) groups excluding carboxylic acids is 1. The van der Waals surface area contributed by atoms with Crippen LogP contribution < -0.4 is 14.4 Å². The summed E-state index contributed by atoms with van der Waals surface area (Å²) in [7, 11) is -0.133. The van der Waals surface area contributed by atoms with Crippen molar-refractivity contribution in [2.75, 3.05) is 37.2 Å². The largest absolute Gasteiger partial charge is 0.493 e. The molecule has 160 valence electrons. The number of rotatable bonds is 5. The fourth-order valence-electron chi connectivity index (χ4n) is 4.31. The first-order valence-electron chi connectivity index (χ1n) is 9.54. The van der Waals surface area contributed by atoms with Crippen molar-refractivity contribution in [2.24, 2.45) is 0 Å². The van der Waals surface area contributed by atoms with Crippen molar-refractivity contribution in [3.05, 3.63) is 53.1 Å². The average molecular weight is 451 g/mol. The standard InChI is InChI=1S/C21H23ClN2O5S/c1-28-19-7-6-14(8-20(19)29-2)10-23-11-21(25)24(16-5-3-4-15(22)9-16)18-13-30(26,27)12-17(18)23/h3-9,17-18H,10-13H2,1-2H3/t17-,18-/m0/s1. The Morgan fingerprint density at radius 1 is 1.03 bits per heavy atom. The number of amides is 1. The Hall–Kier alpha value is -2.29. The van der Waals surface area contributed by atoms with Gasteiger partial charge < -0.3 is 14.4 Å². The lowest BCUT2D eigenvalue weighted by molar-refractivity contribution is -0.123. The highest BCUT2D eigenvalue weighted by Gasteiger charge is 2.49. The molecular formula is C21H23ClN2O5S. The summed E-state index contributed by atoms with van der Waals surface area (Å²) >= 11 is 6.11. The van der Waals surface area contributed by atoms with Crippen molar-refractivity contribution in [3.8, 4) is 11.5 Å². The Bertz CT molecular complexity index is 1070. The summed E-state index contributed by atoms with van der Waals surface area (Å²) in [5.41, 5.74) is 1.55. The van der Waals surface area contributed by atoms with E-state index >= 15 is 0 Å². The molecule has 0 saturated carbocycles. The number of fused-ring (bicyclic) bond motifs is 1. The highest BCUT2D eigenvalue weighted by Crippen LogP contribution is 2.34. The van der Waals surface area contributed by atoms with Gasteiger partial charge in [0, 0.05) is 23.3 Å². The van der Waals surface area contributed by atoms with E-state index in [0.717, 1.165) is 5.56 Å². The maximum atomic E-state index is 13.1. The zero-order chi connectivity index (χ0) is 21.5. The molecule has 7 nitrogen and oxygen atoms in total. The molecular weight excluding hydrogens is 428 g/mol. The van der Waals surface area contributed by atoms with Crippen LogP contribution in [0.2, 0.25) is 5.02 Å². The second-order valence-corrected chi connectivity index (χ2v) is 10.1. The van der Waals surface area contributed by atoms with Crippen LogP contribution in [0.5, 0.6) is 11.5 Å². The minimum absolute atomic E-state index is 0.0231. The molecule has 2 aromatic carbocycles. The van der Waals surface area contributed by atoms with Gasteiger partial charge in [-0.15, -0.1) is 0 Å². The molecule has 2 aromatic rings. The Labute approximate surface area is 181 Å². The molecule has 4 rings (SSSR count). The summed E-state index contributed by atoms with van der Waals surface area (Å²) in [6.07, 6.45) is 0. The molecule has 30 heavy (non-hydrogen) atoms. The van der Waals surface area contributed by atoms with Crippen molar-refractivity contribution >= 4 is 33.0 Å². The lowest BCUT2D eigenvalue weighted by atomic mass is 10.0. The van der Waals surface area contributed by atoms with Gasteiger partial charge in [-0.1, -0.05) is 23.7 Å². The third-order valence-corrected chi connectivity index (χ3v) is 7.56. The maximum Gasteiger partial charge on any atom is 0.241 e. The lowest BCUT2D eigenvalue weighted by Crippen LogP contribution is -2.61. The fourth-order valence-corrected chi connectivity index (χ4v) is 6.47. The molecule has 1 amide bonds. The molecule has 0 spiro atoms. The number of anilines is 1. The molecule has 0 radical (unpaired) electrons.